The number of anilines is 1. The first kappa shape index (κ1) is 21.4. The molecule has 1 aromatic carbocycles. The molecule has 0 radical (unpaired) electrons. The first-order chi connectivity index (χ1) is 13.7. The maximum absolute atomic E-state index is 12.6. The van der Waals surface area contributed by atoms with Gasteiger partial charge in [0, 0.05) is 24.9 Å². The largest absolute Gasteiger partial charge is 0.370 e. The van der Waals surface area contributed by atoms with Crippen molar-refractivity contribution >= 4 is 38.4 Å². The van der Waals surface area contributed by atoms with Crippen LogP contribution in [0.3, 0.4) is 0 Å². The van der Waals surface area contributed by atoms with Gasteiger partial charge < -0.3 is 27.4 Å². The molecule has 0 saturated carbocycles. The summed E-state index contributed by atoms with van der Waals surface area (Å²) in [6.07, 6.45) is 8.85. The van der Waals surface area contributed by atoms with Crippen molar-refractivity contribution in [1.82, 2.24) is 16.0 Å². The monoisotopic (exact) mass is 435 g/mol. The Hall–Kier alpha value is -2.30. The number of guanidine groups is 1. The second-order valence-corrected chi connectivity index (χ2v) is 13.0. The average Bonchev–Trinajstić information content (AvgIpc) is 3.07. The van der Waals surface area contributed by atoms with Gasteiger partial charge in [-0.25, -0.2) is 4.79 Å². The molecule has 2 aliphatic heterocycles. The molecule has 1 unspecified atom stereocenters. The molecule has 0 aromatic heterocycles. The van der Waals surface area contributed by atoms with E-state index in [9.17, 15) is 4.79 Å². The second-order valence-electron chi connectivity index (χ2n) is 7.31. The Morgan fingerprint density at radius 1 is 1.28 bits per heavy atom. The van der Waals surface area contributed by atoms with Crippen molar-refractivity contribution in [2.75, 3.05) is 30.5 Å². The lowest BCUT2D eigenvalue weighted by Gasteiger charge is -2.31. The van der Waals surface area contributed by atoms with Gasteiger partial charge >= 0.3 is 6.03 Å². The molecule has 1 atom stereocenters. The van der Waals surface area contributed by atoms with Crippen LogP contribution in [0, 0.1) is 0 Å². The summed E-state index contributed by atoms with van der Waals surface area (Å²) in [5.41, 5.74) is 13.6. The second kappa shape index (κ2) is 9.02. The summed E-state index contributed by atoms with van der Waals surface area (Å²) in [4.78, 5) is 18.1. The first-order valence-corrected chi connectivity index (χ1v) is 12.8. The number of urea groups is 1. The summed E-state index contributed by atoms with van der Waals surface area (Å²) >= 11 is 4.69. The van der Waals surface area contributed by atoms with Gasteiger partial charge in [0.2, 0.25) is 0 Å². The van der Waals surface area contributed by atoms with Crippen molar-refractivity contribution in [3.63, 3.8) is 0 Å². The fraction of sp³-hybridized carbons (Fsp3) is 0.368. The molecular weight excluding hydrogens is 406 g/mol. The number of aliphatic imine (C=N–C) groups is 1. The van der Waals surface area contributed by atoms with E-state index in [-0.39, 0.29) is 18.2 Å². The van der Waals surface area contributed by atoms with Crippen molar-refractivity contribution in [2.45, 2.75) is 19.1 Å². The normalized spacial score (nSPS) is 18.9. The van der Waals surface area contributed by atoms with E-state index in [4.69, 9.17) is 11.5 Å². The third kappa shape index (κ3) is 5.62. The van der Waals surface area contributed by atoms with E-state index in [0.29, 0.717) is 6.54 Å². The fourth-order valence-electron chi connectivity index (χ4n) is 3.03. The number of hydrogen-bond acceptors (Lipinski definition) is 5. The summed E-state index contributed by atoms with van der Waals surface area (Å²) in [6, 6.07) is 7.79. The van der Waals surface area contributed by atoms with E-state index >= 15 is 0 Å². The van der Waals surface area contributed by atoms with Gasteiger partial charge in [-0.15, -0.1) is 11.7 Å². The Morgan fingerprint density at radius 3 is 2.66 bits per heavy atom. The van der Waals surface area contributed by atoms with Crippen molar-refractivity contribution in [2.24, 2.45) is 16.5 Å². The summed E-state index contributed by atoms with van der Waals surface area (Å²) in [5.74, 6) is 0.124. The number of fused-ring (bicyclic) bond motifs is 1. The Kier molecular flexibility index (Phi) is 6.66. The van der Waals surface area contributed by atoms with Crippen LogP contribution in [-0.4, -0.2) is 43.8 Å². The lowest BCUT2D eigenvalue weighted by atomic mass is 10.1. The van der Waals surface area contributed by atoms with E-state index in [1.165, 1.54) is 0 Å². The van der Waals surface area contributed by atoms with E-state index in [1.807, 2.05) is 30.5 Å². The van der Waals surface area contributed by atoms with Gasteiger partial charge in [-0.1, -0.05) is 12.1 Å². The summed E-state index contributed by atoms with van der Waals surface area (Å²) in [6.45, 7) is 2.18. The van der Waals surface area contributed by atoms with E-state index < -0.39 is 9.06 Å². The number of nitrogens with two attached hydrogens (primary N) is 2. The highest BCUT2D eigenvalue weighted by molar-refractivity contribution is 8.89. The van der Waals surface area contributed by atoms with Crippen molar-refractivity contribution in [3.8, 4) is 0 Å². The molecule has 2 aliphatic rings. The van der Waals surface area contributed by atoms with Gasteiger partial charge in [0.05, 0.1) is 10.7 Å². The topological polar surface area (TPSA) is 121 Å². The predicted molar refractivity (Wildman–Crippen MR) is 126 cm³/mol. The maximum atomic E-state index is 12.6. The molecule has 158 valence electrons. The van der Waals surface area contributed by atoms with Crippen LogP contribution >= 0.6 is 20.7 Å². The van der Waals surface area contributed by atoms with Gasteiger partial charge in [0.1, 0.15) is 6.17 Å². The van der Waals surface area contributed by atoms with Crippen LogP contribution in [0.2, 0.25) is 0 Å². The van der Waals surface area contributed by atoms with Gasteiger partial charge in [-0.05, 0) is 49.2 Å². The van der Waals surface area contributed by atoms with E-state index in [0.717, 1.165) is 41.4 Å². The van der Waals surface area contributed by atoms with Crippen molar-refractivity contribution < 1.29 is 4.79 Å². The van der Waals surface area contributed by atoms with Gasteiger partial charge in [-0.3, -0.25) is 9.89 Å². The predicted octanol–water partition coefficient (Wildman–Crippen LogP) is 1.53. The smallest absolute Gasteiger partial charge is 0.327 e. The zero-order valence-corrected chi connectivity index (χ0v) is 18.4. The van der Waals surface area contributed by atoms with Crippen molar-refractivity contribution in [3.05, 3.63) is 52.7 Å². The lowest BCUT2D eigenvalue weighted by molar-refractivity contribution is 0.244. The van der Waals surface area contributed by atoms with Crippen LogP contribution in [0.4, 0.5) is 10.5 Å². The molecule has 0 saturated heterocycles. The number of amides is 2. The highest BCUT2D eigenvalue weighted by Crippen LogP contribution is 2.53. The number of hydrogen-bond donors (Lipinski definition) is 6. The molecule has 2 amide bonds. The number of benzene rings is 1. The molecule has 3 rings (SSSR count). The Morgan fingerprint density at radius 2 is 2.00 bits per heavy atom. The Balaban J connectivity index is 1.59. The highest BCUT2D eigenvalue weighted by Gasteiger charge is 2.33. The molecular formula is C19H29N7OS2. The number of carbonyl (C=O) groups is 1. The van der Waals surface area contributed by atoms with Crippen LogP contribution in [0.5, 0.6) is 0 Å². The standard InChI is InChI=1S/C19H29N7OS2/c1-29(2,28)16-10-14-12-26(19(27)25-17(14)24-16)15-6-4-13(5-7-15)11-22-8-3-9-23-18(20)21/h4-7,10,12,17,22,24,28H,3,8-9,11H2,1-2H3,(H,25,27)(H4,20,21,23). The number of thiol groups is 1. The SMILES string of the molecule is CS(C)(S)C1=CC2=CN(c3ccc(CNCCCN=C(N)N)cc3)C(=O)NC2N1. The average molecular weight is 436 g/mol. The number of carbonyl (C=O) groups excluding carboxylic acids is 1. The van der Waals surface area contributed by atoms with Gasteiger partial charge in [0.25, 0.3) is 0 Å². The van der Waals surface area contributed by atoms with Crippen LogP contribution in [0.25, 0.3) is 0 Å². The Labute approximate surface area is 178 Å². The van der Waals surface area contributed by atoms with Gasteiger partial charge in [-0.2, -0.15) is 9.06 Å². The van der Waals surface area contributed by atoms with Crippen LogP contribution < -0.4 is 32.3 Å². The highest BCUT2D eigenvalue weighted by atomic mass is 33.1. The summed E-state index contributed by atoms with van der Waals surface area (Å²) < 4.78 is 0. The third-order valence-electron chi connectivity index (χ3n) is 4.57. The van der Waals surface area contributed by atoms with Crippen LogP contribution in [-0.2, 0) is 6.54 Å². The molecule has 0 bridgehead atoms. The first-order valence-electron chi connectivity index (χ1n) is 9.34. The third-order valence-corrected chi connectivity index (χ3v) is 6.47. The minimum atomic E-state index is -1.18. The number of rotatable bonds is 8. The molecule has 0 aliphatic carbocycles. The fourth-order valence-corrected chi connectivity index (χ4v) is 4.18. The molecule has 0 spiro atoms. The number of nitrogens with one attached hydrogen (secondary N) is 3. The molecule has 1 aromatic rings. The zero-order valence-electron chi connectivity index (χ0n) is 16.7. The van der Waals surface area contributed by atoms with Crippen LogP contribution in [0.1, 0.15) is 12.0 Å². The van der Waals surface area contributed by atoms with Crippen molar-refractivity contribution in [1.29, 1.82) is 0 Å². The molecule has 0 fully saturated rings. The summed E-state index contributed by atoms with van der Waals surface area (Å²) in [7, 11) is -1.18. The zero-order chi connectivity index (χ0) is 21.0. The minimum Gasteiger partial charge on any atom is -0.370 e. The molecule has 29 heavy (non-hydrogen) atoms. The molecule has 8 nitrogen and oxygen atoms in total. The lowest BCUT2D eigenvalue weighted by Crippen LogP contribution is -2.51. The minimum absolute atomic E-state index is 0.124. The van der Waals surface area contributed by atoms with E-state index in [2.05, 4.69) is 51.2 Å². The quantitative estimate of drug-likeness (QED) is 0.122. The number of nitrogens with zero attached hydrogens (tertiary/aromatic N) is 2. The maximum Gasteiger partial charge on any atom is 0.327 e. The van der Waals surface area contributed by atoms with E-state index in [1.54, 1.807) is 4.90 Å². The molecule has 2 heterocycles. The summed E-state index contributed by atoms with van der Waals surface area (Å²) in [5, 5.41) is 10.8. The van der Waals surface area contributed by atoms with Gasteiger partial charge in [0.15, 0.2) is 5.96 Å². The Bertz CT molecular complexity index is 839. The molecule has 7 N–H and O–H groups in total. The molecule has 10 heteroatoms. The van der Waals surface area contributed by atoms with Crippen LogP contribution in [0.15, 0.2) is 52.1 Å².